The molecule has 0 bridgehead atoms. The molecule has 3 rings (SSSR count). The van der Waals surface area contributed by atoms with Gasteiger partial charge in [0.1, 0.15) is 5.75 Å². The number of nitrogens with zero attached hydrogens (tertiary/aromatic N) is 1. The Labute approximate surface area is 125 Å². The molecule has 0 spiro atoms. The maximum Gasteiger partial charge on any atom is 0.223 e. The quantitative estimate of drug-likeness (QED) is 0.840. The first kappa shape index (κ1) is 13.7. The van der Waals surface area contributed by atoms with Gasteiger partial charge >= 0.3 is 0 Å². The number of rotatable bonds is 2. The maximum atomic E-state index is 11.7. The van der Waals surface area contributed by atoms with E-state index in [0.29, 0.717) is 0 Å². The summed E-state index contributed by atoms with van der Waals surface area (Å²) in [6.45, 7) is 2.44. The van der Waals surface area contributed by atoms with Gasteiger partial charge in [-0.15, -0.1) is 0 Å². The molecule has 0 radical (unpaired) electrons. The summed E-state index contributed by atoms with van der Waals surface area (Å²) in [6, 6.07) is 14.3. The number of carbonyl (C=O) groups is 1. The van der Waals surface area contributed by atoms with Gasteiger partial charge < -0.3 is 9.64 Å². The van der Waals surface area contributed by atoms with E-state index in [1.165, 1.54) is 5.56 Å². The van der Waals surface area contributed by atoms with Gasteiger partial charge in [-0.05, 0) is 42.2 Å². The summed E-state index contributed by atoms with van der Waals surface area (Å²) in [7, 11) is 1.69. The van der Waals surface area contributed by atoms with Gasteiger partial charge in [-0.1, -0.05) is 24.3 Å². The molecular formula is C18H19NO2. The van der Waals surface area contributed by atoms with Gasteiger partial charge in [0, 0.05) is 24.7 Å². The van der Waals surface area contributed by atoms with Gasteiger partial charge in [0.2, 0.25) is 5.91 Å². The molecule has 0 saturated heterocycles. The minimum atomic E-state index is 0.112. The number of para-hydroxylation sites is 1. The topological polar surface area (TPSA) is 29.5 Å². The van der Waals surface area contributed by atoms with Crippen LogP contribution in [0.1, 0.15) is 18.9 Å². The number of hydrogen-bond acceptors (Lipinski definition) is 2. The number of aryl methyl sites for hydroxylation is 1. The lowest BCUT2D eigenvalue weighted by atomic mass is 9.95. The van der Waals surface area contributed by atoms with Crippen molar-refractivity contribution in [2.45, 2.75) is 19.8 Å². The first-order valence-electron chi connectivity index (χ1n) is 7.25. The summed E-state index contributed by atoms with van der Waals surface area (Å²) >= 11 is 0. The molecular weight excluding hydrogens is 262 g/mol. The lowest BCUT2D eigenvalue weighted by molar-refractivity contribution is -0.116. The lowest BCUT2D eigenvalue weighted by Crippen LogP contribution is -2.33. The number of hydrogen-bond donors (Lipinski definition) is 0. The van der Waals surface area contributed by atoms with Crippen LogP contribution in [0, 0.1) is 0 Å². The highest BCUT2D eigenvalue weighted by Gasteiger charge is 2.20. The van der Waals surface area contributed by atoms with Crippen molar-refractivity contribution in [3.63, 3.8) is 0 Å². The predicted molar refractivity (Wildman–Crippen MR) is 84.8 cm³/mol. The first-order chi connectivity index (χ1) is 10.2. The van der Waals surface area contributed by atoms with E-state index in [-0.39, 0.29) is 5.91 Å². The molecule has 2 aromatic carbocycles. The fourth-order valence-corrected chi connectivity index (χ4v) is 2.97. The van der Waals surface area contributed by atoms with E-state index >= 15 is 0 Å². The Bertz CT molecular complexity index is 679. The second kappa shape index (κ2) is 5.60. The monoisotopic (exact) mass is 281 g/mol. The average molecular weight is 281 g/mol. The normalized spacial score (nSPS) is 13.7. The third-order valence-electron chi connectivity index (χ3n) is 4.00. The van der Waals surface area contributed by atoms with Crippen molar-refractivity contribution < 1.29 is 9.53 Å². The largest absolute Gasteiger partial charge is 0.496 e. The molecule has 0 aliphatic carbocycles. The van der Waals surface area contributed by atoms with Crippen molar-refractivity contribution in [1.29, 1.82) is 0 Å². The van der Waals surface area contributed by atoms with Crippen molar-refractivity contribution in [1.82, 2.24) is 0 Å². The highest BCUT2D eigenvalue weighted by Crippen LogP contribution is 2.35. The van der Waals surface area contributed by atoms with Gasteiger partial charge in [-0.3, -0.25) is 4.79 Å². The van der Waals surface area contributed by atoms with Gasteiger partial charge in [0.15, 0.2) is 0 Å². The number of anilines is 1. The smallest absolute Gasteiger partial charge is 0.223 e. The van der Waals surface area contributed by atoms with E-state index in [0.717, 1.165) is 42.0 Å². The highest BCUT2D eigenvalue weighted by molar-refractivity contribution is 5.93. The van der Waals surface area contributed by atoms with Crippen LogP contribution in [0.5, 0.6) is 5.75 Å². The Morgan fingerprint density at radius 3 is 2.76 bits per heavy atom. The Balaban J connectivity index is 2.05. The van der Waals surface area contributed by atoms with E-state index in [1.54, 1.807) is 14.0 Å². The maximum absolute atomic E-state index is 11.7. The van der Waals surface area contributed by atoms with Crippen molar-refractivity contribution in [3.8, 4) is 16.9 Å². The molecule has 21 heavy (non-hydrogen) atoms. The first-order valence-corrected chi connectivity index (χ1v) is 7.25. The Morgan fingerprint density at radius 2 is 2.00 bits per heavy atom. The van der Waals surface area contributed by atoms with Crippen LogP contribution in [0.2, 0.25) is 0 Å². The van der Waals surface area contributed by atoms with E-state index in [1.807, 2.05) is 23.1 Å². The Hall–Kier alpha value is -2.29. The van der Waals surface area contributed by atoms with Crippen LogP contribution in [0.3, 0.4) is 0 Å². The molecule has 0 atom stereocenters. The fourth-order valence-electron chi connectivity index (χ4n) is 2.97. The standard InChI is InChI=1S/C18H19NO2/c1-13(20)19-11-5-6-15-12-14(9-10-17(15)19)16-7-3-4-8-18(16)21-2/h3-4,7-10,12H,5-6,11H2,1-2H3. The van der Waals surface area contributed by atoms with Crippen molar-refractivity contribution in [2.24, 2.45) is 0 Å². The van der Waals surface area contributed by atoms with Crippen molar-refractivity contribution >= 4 is 11.6 Å². The predicted octanol–water partition coefficient (Wildman–Crippen LogP) is 3.66. The molecule has 1 aliphatic rings. The van der Waals surface area contributed by atoms with Crippen LogP contribution in [0.15, 0.2) is 42.5 Å². The molecule has 0 aromatic heterocycles. The molecule has 3 nitrogen and oxygen atoms in total. The number of fused-ring (bicyclic) bond motifs is 1. The molecule has 0 N–H and O–H groups in total. The summed E-state index contributed by atoms with van der Waals surface area (Å²) in [5.74, 6) is 0.984. The minimum Gasteiger partial charge on any atom is -0.496 e. The summed E-state index contributed by atoms with van der Waals surface area (Å²) in [6.07, 6.45) is 2.03. The summed E-state index contributed by atoms with van der Waals surface area (Å²) in [4.78, 5) is 13.6. The summed E-state index contributed by atoms with van der Waals surface area (Å²) in [5.41, 5.74) is 4.51. The number of methoxy groups -OCH3 is 1. The van der Waals surface area contributed by atoms with Gasteiger partial charge in [-0.25, -0.2) is 0 Å². The van der Waals surface area contributed by atoms with Crippen LogP contribution in [-0.4, -0.2) is 19.6 Å². The van der Waals surface area contributed by atoms with Crippen LogP contribution in [0.25, 0.3) is 11.1 Å². The zero-order valence-electron chi connectivity index (χ0n) is 12.4. The van der Waals surface area contributed by atoms with Crippen LogP contribution in [-0.2, 0) is 11.2 Å². The molecule has 0 saturated carbocycles. The van der Waals surface area contributed by atoms with E-state index in [2.05, 4.69) is 24.3 Å². The minimum absolute atomic E-state index is 0.112. The number of carbonyl (C=O) groups excluding carboxylic acids is 1. The SMILES string of the molecule is COc1ccccc1-c1ccc2c(c1)CCCN2C(C)=O. The van der Waals surface area contributed by atoms with E-state index < -0.39 is 0 Å². The van der Waals surface area contributed by atoms with Gasteiger partial charge in [0.25, 0.3) is 0 Å². The summed E-state index contributed by atoms with van der Waals surface area (Å²) < 4.78 is 5.44. The highest BCUT2D eigenvalue weighted by atomic mass is 16.5. The van der Waals surface area contributed by atoms with Crippen LogP contribution >= 0.6 is 0 Å². The second-order valence-electron chi connectivity index (χ2n) is 5.32. The third kappa shape index (κ3) is 2.51. The zero-order chi connectivity index (χ0) is 14.8. The average Bonchev–Trinajstić information content (AvgIpc) is 2.53. The third-order valence-corrected chi connectivity index (χ3v) is 4.00. The molecule has 108 valence electrons. The molecule has 2 aromatic rings. The Morgan fingerprint density at radius 1 is 1.19 bits per heavy atom. The van der Waals surface area contributed by atoms with E-state index in [4.69, 9.17) is 4.74 Å². The van der Waals surface area contributed by atoms with Crippen LogP contribution in [0.4, 0.5) is 5.69 Å². The lowest BCUT2D eigenvalue weighted by Gasteiger charge is -2.29. The van der Waals surface area contributed by atoms with Gasteiger partial charge in [0.05, 0.1) is 7.11 Å². The molecule has 1 aliphatic heterocycles. The Kier molecular flexibility index (Phi) is 3.65. The van der Waals surface area contributed by atoms with Crippen LogP contribution < -0.4 is 9.64 Å². The molecule has 3 heteroatoms. The van der Waals surface area contributed by atoms with Gasteiger partial charge in [-0.2, -0.15) is 0 Å². The van der Waals surface area contributed by atoms with Crippen molar-refractivity contribution in [2.75, 3.05) is 18.6 Å². The molecule has 1 heterocycles. The molecule has 0 unspecified atom stereocenters. The zero-order valence-corrected chi connectivity index (χ0v) is 12.4. The number of ether oxygens (including phenoxy) is 1. The number of amides is 1. The molecule has 1 amide bonds. The fraction of sp³-hybridized carbons (Fsp3) is 0.278. The summed E-state index contributed by atoms with van der Waals surface area (Å²) in [5, 5.41) is 0. The number of benzene rings is 2. The van der Waals surface area contributed by atoms with Crippen molar-refractivity contribution in [3.05, 3.63) is 48.0 Å². The molecule has 0 fully saturated rings. The second-order valence-corrected chi connectivity index (χ2v) is 5.32. The van der Waals surface area contributed by atoms with E-state index in [9.17, 15) is 4.79 Å².